The molecule has 1 N–H and O–H groups in total. The maximum Gasteiger partial charge on any atom is 0.0643 e. The molecule has 0 amide bonds. The van der Waals surface area contributed by atoms with E-state index < -0.39 is 0 Å². The zero-order valence-electron chi connectivity index (χ0n) is 9.86. The van der Waals surface area contributed by atoms with Crippen molar-refractivity contribution in [2.75, 3.05) is 18.0 Å². The minimum atomic E-state index is 0.231. The van der Waals surface area contributed by atoms with Crippen LogP contribution in [0.15, 0.2) is 24.3 Å². The Morgan fingerprint density at radius 2 is 2.41 bits per heavy atom. The van der Waals surface area contributed by atoms with Crippen molar-refractivity contribution in [1.82, 2.24) is 5.32 Å². The van der Waals surface area contributed by atoms with Gasteiger partial charge in [0.2, 0.25) is 0 Å². The maximum absolute atomic E-state index is 8.87. The monoisotopic (exact) mass is 249 g/mol. The number of nitrogens with one attached hydrogen (secondary N) is 1. The first-order valence-electron chi connectivity index (χ1n) is 5.83. The third-order valence-corrected chi connectivity index (χ3v) is 3.32. The Labute approximate surface area is 107 Å². The average Bonchev–Trinajstić information content (AvgIpc) is 2.32. The van der Waals surface area contributed by atoms with E-state index in [2.05, 4.69) is 23.2 Å². The molecule has 4 heteroatoms. The molecule has 90 valence electrons. The van der Waals surface area contributed by atoms with Crippen molar-refractivity contribution in [2.24, 2.45) is 0 Å². The summed E-state index contributed by atoms with van der Waals surface area (Å²) >= 11 is 6.02. The second-order valence-corrected chi connectivity index (χ2v) is 4.89. The predicted molar refractivity (Wildman–Crippen MR) is 70.3 cm³/mol. The van der Waals surface area contributed by atoms with Crippen molar-refractivity contribution in [2.45, 2.75) is 25.4 Å². The molecule has 1 aromatic carbocycles. The Morgan fingerprint density at radius 1 is 1.59 bits per heavy atom. The summed E-state index contributed by atoms with van der Waals surface area (Å²) in [6, 6.07) is 10.8. The molecule has 1 aromatic rings. The summed E-state index contributed by atoms with van der Waals surface area (Å²) < 4.78 is 0. The standard InChI is InChI=1S/C13H16ClN3/c1-10-9-17(13(5-6-15)8-16-10)12-4-2-3-11(14)7-12/h2-4,7,10,13,16H,5,8-9H2,1H3. The fourth-order valence-corrected chi connectivity index (χ4v) is 2.40. The quantitative estimate of drug-likeness (QED) is 0.875. The van der Waals surface area contributed by atoms with Crippen molar-refractivity contribution in [1.29, 1.82) is 5.26 Å². The second-order valence-electron chi connectivity index (χ2n) is 4.46. The van der Waals surface area contributed by atoms with E-state index in [1.54, 1.807) is 0 Å². The lowest BCUT2D eigenvalue weighted by Gasteiger charge is -2.40. The van der Waals surface area contributed by atoms with Gasteiger partial charge in [0.05, 0.1) is 18.5 Å². The molecule has 1 aliphatic rings. The molecular weight excluding hydrogens is 234 g/mol. The van der Waals surface area contributed by atoms with E-state index in [0.717, 1.165) is 23.8 Å². The van der Waals surface area contributed by atoms with Crippen molar-refractivity contribution < 1.29 is 0 Å². The second kappa shape index (κ2) is 5.39. The van der Waals surface area contributed by atoms with Gasteiger partial charge in [-0.15, -0.1) is 0 Å². The van der Waals surface area contributed by atoms with Crippen LogP contribution in [-0.4, -0.2) is 25.2 Å². The van der Waals surface area contributed by atoms with Gasteiger partial charge in [-0.3, -0.25) is 0 Å². The fourth-order valence-electron chi connectivity index (χ4n) is 2.21. The number of hydrogen-bond acceptors (Lipinski definition) is 3. The van der Waals surface area contributed by atoms with Crippen LogP contribution in [0.5, 0.6) is 0 Å². The minimum Gasteiger partial charge on any atom is -0.365 e. The zero-order chi connectivity index (χ0) is 12.3. The molecular formula is C13H16ClN3. The lowest BCUT2D eigenvalue weighted by atomic mass is 10.1. The number of anilines is 1. The zero-order valence-corrected chi connectivity index (χ0v) is 10.6. The molecule has 0 saturated carbocycles. The Morgan fingerprint density at radius 3 is 3.12 bits per heavy atom. The molecule has 0 aliphatic carbocycles. The first-order chi connectivity index (χ1) is 8.20. The molecule has 17 heavy (non-hydrogen) atoms. The summed E-state index contributed by atoms with van der Waals surface area (Å²) in [7, 11) is 0. The smallest absolute Gasteiger partial charge is 0.0643 e. The first kappa shape index (κ1) is 12.2. The third-order valence-electron chi connectivity index (χ3n) is 3.08. The highest BCUT2D eigenvalue weighted by Gasteiger charge is 2.25. The Kier molecular flexibility index (Phi) is 3.88. The topological polar surface area (TPSA) is 39.1 Å². The van der Waals surface area contributed by atoms with Gasteiger partial charge in [0.1, 0.15) is 0 Å². The van der Waals surface area contributed by atoms with Gasteiger partial charge in [-0.1, -0.05) is 17.7 Å². The van der Waals surface area contributed by atoms with E-state index in [1.165, 1.54) is 0 Å². The molecule has 2 atom stereocenters. The van der Waals surface area contributed by atoms with Crippen LogP contribution >= 0.6 is 11.6 Å². The van der Waals surface area contributed by atoms with Crippen LogP contribution < -0.4 is 10.2 Å². The summed E-state index contributed by atoms with van der Waals surface area (Å²) in [6.07, 6.45) is 0.534. The highest BCUT2D eigenvalue weighted by atomic mass is 35.5. The van der Waals surface area contributed by atoms with Gasteiger partial charge >= 0.3 is 0 Å². The maximum atomic E-state index is 8.87. The van der Waals surface area contributed by atoms with E-state index in [-0.39, 0.29) is 6.04 Å². The molecule has 2 unspecified atom stereocenters. The van der Waals surface area contributed by atoms with Crippen LogP contribution in [0.4, 0.5) is 5.69 Å². The number of nitrogens with zero attached hydrogens (tertiary/aromatic N) is 2. The molecule has 0 aromatic heterocycles. The molecule has 3 nitrogen and oxygen atoms in total. The van der Waals surface area contributed by atoms with Gasteiger partial charge in [0, 0.05) is 29.8 Å². The van der Waals surface area contributed by atoms with E-state index in [0.29, 0.717) is 12.5 Å². The molecule has 1 heterocycles. The normalized spacial score (nSPS) is 24.4. The van der Waals surface area contributed by atoms with Gasteiger partial charge in [0.25, 0.3) is 0 Å². The lowest BCUT2D eigenvalue weighted by Crippen LogP contribution is -2.55. The number of rotatable bonds is 2. The summed E-state index contributed by atoms with van der Waals surface area (Å²) in [5.41, 5.74) is 1.10. The number of benzene rings is 1. The van der Waals surface area contributed by atoms with Crippen LogP contribution in [0, 0.1) is 11.3 Å². The van der Waals surface area contributed by atoms with E-state index in [9.17, 15) is 0 Å². The number of piperazine rings is 1. The largest absolute Gasteiger partial charge is 0.365 e. The number of hydrogen-bond donors (Lipinski definition) is 1. The van der Waals surface area contributed by atoms with Crippen molar-refractivity contribution in [3.63, 3.8) is 0 Å². The van der Waals surface area contributed by atoms with E-state index in [1.807, 2.05) is 24.3 Å². The van der Waals surface area contributed by atoms with Gasteiger partial charge in [-0.05, 0) is 25.1 Å². The molecule has 1 aliphatic heterocycles. The highest BCUT2D eigenvalue weighted by Crippen LogP contribution is 2.24. The van der Waals surface area contributed by atoms with Gasteiger partial charge < -0.3 is 10.2 Å². The Hall–Kier alpha value is -1.24. The van der Waals surface area contributed by atoms with Crippen LogP contribution in [0.25, 0.3) is 0 Å². The van der Waals surface area contributed by atoms with Crippen LogP contribution in [0.3, 0.4) is 0 Å². The van der Waals surface area contributed by atoms with Crippen molar-refractivity contribution >= 4 is 17.3 Å². The summed E-state index contributed by atoms with van der Waals surface area (Å²) in [5, 5.41) is 13.0. The fraction of sp³-hybridized carbons (Fsp3) is 0.462. The molecule has 1 fully saturated rings. The molecule has 1 saturated heterocycles. The van der Waals surface area contributed by atoms with Crippen LogP contribution in [-0.2, 0) is 0 Å². The molecule has 2 rings (SSSR count). The van der Waals surface area contributed by atoms with E-state index in [4.69, 9.17) is 16.9 Å². The van der Waals surface area contributed by atoms with Gasteiger partial charge in [-0.2, -0.15) is 5.26 Å². The van der Waals surface area contributed by atoms with Crippen LogP contribution in [0.1, 0.15) is 13.3 Å². The third kappa shape index (κ3) is 2.91. The molecule has 0 spiro atoms. The predicted octanol–water partition coefficient (Wildman–Crippen LogP) is 2.42. The summed E-state index contributed by atoms with van der Waals surface area (Å²) in [6.45, 7) is 3.91. The number of nitriles is 1. The number of halogens is 1. The summed E-state index contributed by atoms with van der Waals surface area (Å²) in [5.74, 6) is 0. The molecule has 0 bridgehead atoms. The van der Waals surface area contributed by atoms with Gasteiger partial charge in [-0.25, -0.2) is 0 Å². The van der Waals surface area contributed by atoms with Gasteiger partial charge in [0.15, 0.2) is 0 Å². The Balaban J connectivity index is 2.23. The highest BCUT2D eigenvalue weighted by molar-refractivity contribution is 6.30. The minimum absolute atomic E-state index is 0.231. The van der Waals surface area contributed by atoms with Crippen LogP contribution in [0.2, 0.25) is 5.02 Å². The first-order valence-corrected chi connectivity index (χ1v) is 6.21. The lowest BCUT2D eigenvalue weighted by molar-refractivity contribution is 0.412. The SMILES string of the molecule is CC1CN(c2cccc(Cl)c2)C(CC#N)CN1. The Bertz CT molecular complexity index is 427. The average molecular weight is 250 g/mol. The molecule has 0 radical (unpaired) electrons. The van der Waals surface area contributed by atoms with Crippen molar-refractivity contribution in [3.05, 3.63) is 29.3 Å². The van der Waals surface area contributed by atoms with E-state index >= 15 is 0 Å². The summed E-state index contributed by atoms with van der Waals surface area (Å²) in [4.78, 5) is 2.27. The van der Waals surface area contributed by atoms with Crippen molar-refractivity contribution in [3.8, 4) is 6.07 Å².